The molecule has 2 saturated heterocycles. The molecular formula is C22H25N3O4S. The fraction of sp³-hybridized carbons (Fsp3) is 0.500. The number of amides is 2. The van der Waals surface area contributed by atoms with Gasteiger partial charge in [0.05, 0.1) is 42.0 Å². The molecule has 30 heavy (non-hydrogen) atoms. The SMILES string of the molecule is COc1ccc(-c2cc3c(s2)CCOC32CCN(C(=O)C3CNC(=O)C3)CC2)nc1. The molecule has 0 aromatic carbocycles. The summed E-state index contributed by atoms with van der Waals surface area (Å²) in [6.45, 7) is 2.49. The third-order valence-corrected chi connectivity index (χ3v) is 7.66. The first kappa shape index (κ1) is 19.5. The number of carbonyl (C=O) groups excluding carboxylic acids is 2. The second-order valence-corrected chi connectivity index (χ2v) is 9.29. The van der Waals surface area contributed by atoms with Gasteiger partial charge in [0.2, 0.25) is 11.8 Å². The van der Waals surface area contributed by atoms with E-state index < -0.39 is 0 Å². The maximum Gasteiger partial charge on any atom is 0.227 e. The number of thiophene rings is 1. The molecule has 0 radical (unpaired) electrons. The Balaban J connectivity index is 1.34. The molecule has 2 fully saturated rings. The van der Waals surface area contributed by atoms with Gasteiger partial charge in [-0.25, -0.2) is 0 Å². The van der Waals surface area contributed by atoms with Crippen molar-refractivity contribution in [1.82, 2.24) is 15.2 Å². The van der Waals surface area contributed by atoms with Crippen LogP contribution in [0.4, 0.5) is 0 Å². The fourth-order valence-electron chi connectivity index (χ4n) is 4.73. The van der Waals surface area contributed by atoms with E-state index in [1.807, 2.05) is 17.0 Å². The molecule has 0 saturated carbocycles. The maximum absolute atomic E-state index is 12.8. The molecule has 2 amide bonds. The lowest BCUT2D eigenvalue weighted by molar-refractivity contribution is -0.144. The Morgan fingerprint density at radius 1 is 1.37 bits per heavy atom. The number of nitrogens with one attached hydrogen (secondary N) is 1. The van der Waals surface area contributed by atoms with Gasteiger partial charge >= 0.3 is 0 Å². The van der Waals surface area contributed by atoms with Crippen molar-refractivity contribution in [1.29, 1.82) is 0 Å². The van der Waals surface area contributed by atoms with E-state index in [1.54, 1.807) is 24.6 Å². The number of hydrogen-bond acceptors (Lipinski definition) is 6. The molecule has 1 N–H and O–H groups in total. The summed E-state index contributed by atoms with van der Waals surface area (Å²) in [7, 11) is 1.64. The van der Waals surface area contributed by atoms with Crippen molar-refractivity contribution in [2.75, 3.05) is 33.4 Å². The van der Waals surface area contributed by atoms with E-state index in [4.69, 9.17) is 9.47 Å². The van der Waals surface area contributed by atoms with Crippen LogP contribution in [0.15, 0.2) is 24.4 Å². The van der Waals surface area contributed by atoms with Crippen molar-refractivity contribution in [2.24, 2.45) is 5.92 Å². The number of likely N-dealkylation sites (tertiary alicyclic amines) is 1. The fourth-order valence-corrected chi connectivity index (χ4v) is 5.94. The molecule has 1 atom stereocenters. The van der Waals surface area contributed by atoms with E-state index >= 15 is 0 Å². The van der Waals surface area contributed by atoms with Gasteiger partial charge < -0.3 is 19.7 Å². The van der Waals surface area contributed by atoms with Crippen LogP contribution in [-0.2, 0) is 26.3 Å². The standard InChI is InChI=1S/C22H25N3O4S/c1-28-15-2-3-17(23-13-15)19-11-16-18(30-19)4-9-29-22(16)5-7-25(8-6-22)21(27)14-10-20(26)24-12-14/h2-3,11,13-14H,4-10,12H2,1H3,(H,24,26). The summed E-state index contributed by atoms with van der Waals surface area (Å²) < 4.78 is 11.6. The Morgan fingerprint density at radius 3 is 2.87 bits per heavy atom. The van der Waals surface area contributed by atoms with Crippen LogP contribution >= 0.6 is 11.3 Å². The van der Waals surface area contributed by atoms with E-state index in [-0.39, 0.29) is 23.3 Å². The quantitative estimate of drug-likeness (QED) is 0.813. The Hall–Kier alpha value is -2.45. The second-order valence-electron chi connectivity index (χ2n) is 8.15. The summed E-state index contributed by atoms with van der Waals surface area (Å²) in [4.78, 5) is 33.2. The zero-order valence-electron chi connectivity index (χ0n) is 17.0. The molecule has 2 aromatic heterocycles. The topological polar surface area (TPSA) is 80.8 Å². The predicted octanol–water partition coefficient (Wildman–Crippen LogP) is 2.35. The largest absolute Gasteiger partial charge is 0.495 e. The summed E-state index contributed by atoms with van der Waals surface area (Å²) in [6.07, 6.45) is 4.53. The smallest absolute Gasteiger partial charge is 0.227 e. The zero-order chi connectivity index (χ0) is 20.7. The second kappa shape index (κ2) is 7.67. The number of nitrogens with zero attached hydrogens (tertiary/aromatic N) is 2. The third kappa shape index (κ3) is 3.37. The van der Waals surface area contributed by atoms with Gasteiger partial charge in [-0.05, 0) is 36.6 Å². The molecular weight excluding hydrogens is 402 g/mol. The molecule has 3 aliphatic rings. The molecule has 5 heterocycles. The van der Waals surface area contributed by atoms with Crippen LogP contribution in [0.5, 0.6) is 5.75 Å². The van der Waals surface area contributed by atoms with Crippen LogP contribution in [0.2, 0.25) is 0 Å². The minimum absolute atomic E-state index is 0.0278. The summed E-state index contributed by atoms with van der Waals surface area (Å²) >= 11 is 1.79. The predicted molar refractivity (Wildman–Crippen MR) is 112 cm³/mol. The average molecular weight is 428 g/mol. The molecule has 1 spiro atoms. The molecule has 1 unspecified atom stereocenters. The minimum atomic E-state index is -0.324. The van der Waals surface area contributed by atoms with Crippen molar-refractivity contribution in [3.63, 3.8) is 0 Å². The van der Waals surface area contributed by atoms with Gasteiger partial charge in [-0.2, -0.15) is 0 Å². The van der Waals surface area contributed by atoms with Crippen LogP contribution in [0.25, 0.3) is 10.6 Å². The normalized spacial score (nSPS) is 22.6. The molecule has 0 bridgehead atoms. The number of methoxy groups -OCH3 is 1. The lowest BCUT2D eigenvalue weighted by atomic mass is 9.82. The van der Waals surface area contributed by atoms with Crippen LogP contribution in [0, 0.1) is 5.92 Å². The van der Waals surface area contributed by atoms with Crippen LogP contribution in [0.1, 0.15) is 29.7 Å². The first-order valence-electron chi connectivity index (χ1n) is 10.4. The number of hydrogen-bond donors (Lipinski definition) is 1. The van der Waals surface area contributed by atoms with Gasteiger partial charge in [0.1, 0.15) is 5.75 Å². The molecule has 0 aliphatic carbocycles. The first-order chi connectivity index (χ1) is 14.6. The van der Waals surface area contributed by atoms with Gasteiger partial charge in [-0.1, -0.05) is 0 Å². The molecule has 2 aromatic rings. The van der Waals surface area contributed by atoms with E-state index in [9.17, 15) is 9.59 Å². The van der Waals surface area contributed by atoms with E-state index in [1.165, 1.54) is 10.4 Å². The van der Waals surface area contributed by atoms with Gasteiger partial charge in [-0.15, -0.1) is 11.3 Å². The highest BCUT2D eigenvalue weighted by Crippen LogP contribution is 2.46. The Labute approximate surface area is 179 Å². The summed E-state index contributed by atoms with van der Waals surface area (Å²) in [5.41, 5.74) is 1.88. The summed E-state index contributed by atoms with van der Waals surface area (Å²) in [5.74, 6) is 0.590. The maximum atomic E-state index is 12.8. The van der Waals surface area contributed by atoms with Crippen LogP contribution in [0.3, 0.4) is 0 Å². The van der Waals surface area contributed by atoms with E-state index in [2.05, 4.69) is 16.4 Å². The number of carbonyl (C=O) groups is 2. The molecule has 5 rings (SSSR count). The number of rotatable bonds is 3. The monoisotopic (exact) mass is 427 g/mol. The number of aromatic nitrogens is 1. The molecule has 8 heteroatoms. The number of fused-ring (bicyclic) bond motifs is 2. The molecule has 158 valence electrons. The molecule has 7 nitrogen and oxygen atoms in total. The van der Waals surface area contributed by atoms with Crippen molar-refractivity contribution in [3.8, 4) is 16.3 Å². The molecule has 3 aliphatic heterocycles. The van der Waals surface area contributed by atoms with Crippen molar-refractivity contribution < 1.29 is 19.1 Å². The summed E-state index contributed by atoms with van der Waals surface area (Å²) in [5, 5.41) is 2.76. The van der Waals surface area contributed by atoms with Gasteiger partial charge in [-0.3, -0.25) is 14.6 Å². The number of ether oxygens (including phenoxy) is 2. The van der Waals surface area contributed by atoms with E-state index in [0.717, 1.165) is 35.6 Å². The van der Waals surface area contributed by atoms with Crippen molar-refractivity contribution in [3.05, 3.63) is 34.8 Å². The minimum Gasteiger partial charge on any atom is -0.495 e. The Morgan fingerprint density at radius 2 is 2.20 bits per heavy atom. The van der Waals surface area contributed by atoms with Gasteiger partial charge in [0, 0.05) is 37.4 Å². The average Bonchev–Trinajstić information content (AvgIpc) is 3.41. The Kier molecular flexibility index (Phi) is 4.99. The number of pyridine rings is 1. The lowest BCUT2D eigenvalue weighted by Crippen LogP contribution is -2.49. The highest BCUT2D eigenvalue weighted by molar-refractivity contribution is 7.15. The van der Waals surface area contributed by atoms with Crippen LogP contribution in [-0.4, -0.2) is 55.0 Å². The van der Waals surface area contributed by atoms with Crippen molar-refractivity contribution >= 4 is 23.2 Å². The summed E-state index contributed by atoms with van der Waals surface area (Å²) in [6, 6.07) is 6.15. The first-order valence-corrected chi connectivity index (χ1v) is 11.2. The van der Waals surface area contributed by atoms with Crippen LogP contribution < -0.4 is 10.1 Å². The zero-order valence-corrected chi connectivity index (χ0v) is 17.8. The number of piperidine rings is 1. The highest BCUT2D eigenvalue weighted by atomic mass is 32.1. The highest BCUT2D eigenvalue weighted by Gasteiger charge is 2.44. The Bertz CT molecular complexity index is 963. The van der Waals surface area contributed by atoms with Crippen molar-refractivity contribution in [2.45, 2.75) is 31.3 Å². The lowest BCUT2D eigenvalue weighted by Gasteiger charge is -2.44. The van der Waals surface area contributed by atoms with Gasteiger partial charge in [0.25, 0.3) is 0 Å². The third-order valence-electron chi connectivity index (χ3n) is 6.44. The van der Waals surface area contributed by atoms with E-state index in [0.29, 0.717) is 32.7 Å². The van der Waals surface area contributed by atoms with Gasteiger partial charge in [0.15, 0.2) is 0 Å².